The Morgan fingerprint density at radius 1 is 0.750 bits per heavy atom. The van der Waals surface area contributed by atoms with Crippen LogP contribution in [0.15, 0.2) is 99.4 Å². The highest BCUT2D eigenvalue weighted by Crippen LogP contribution is 2.40. The van der Waals surface area contributed by atoms with Crippen LogP contribution in [0.4, 0.5) is 0 Å². The third-order valence-corrected chi connectivity index (χ3v) is 8.60. The maximum Gasteiger partial charge on any atom is 0.360 e. The number of allylic oxidation sites excluding steroid dienone is 7. The summed E-state index contributed by atoms with van der Waals surface area (Å²) >= 11 is 24.8. The summed E-state index contributed by atoms with van der Waals surface area (Å²) < 4.78 is 12.4. The van der Waals surface area contributed by atoms with E-state index in [2.05, 4.69) is 0 Å². The molecule has 0 spiro atoms. The molecule has 0 unspecified atom stereocenters. The Morgan fingerprint density at radius 2 is 1.36 bits per heavy atom. The molecule has 5 rings (SSSR count). The lowest BCUT2D eigenvalue weighted by Gasteiger charge is -2.30. The molecule has 3 aromatic rings. The number of hydrogen-bond donors (Lipinski definition) is 0. The fraction of sp³-hybridized carbons (Fsp3) is 0.222. The highest BCUT2D eigenvalue weighted by atomic mass is 35.5. The highest BCUT2D eigenvalue weighted by molar-refractivity contribution is 6.42. The number of hydrogen-bond acceptors (Lipinski definition) is 3. The second-order valence-corrected chi connectivity index (χ2v) is 14.4. The van der Waals surface area contributed by atoms with Crippen LogP contribution in [-0.4, -0.2) is 5.78 Å². The topological polar surface area (TPSA) is 60.7 Å². The lowest BCUT2D eigenvalue weighted by atomic mass is 9.84. The molecule has 44 heavy (non-hydrogen) atoms. The van der Waals surface area contributed by atoms with Crippen LogP contribution in [0.25, 0.3) is 23.2 Å². The van der Waals surface area contributed by atoms with E-state index in [0.717, 1.165) is 11.1 Å². The Balaban J connectivity index is 1.55. The van der Waals surface area contributed by atoms with Crippen molar-refractivity contribution in [2.75, 3.05) is 0 Å². The highest BCUT2D eigenvalue weighted by Gasteiger charge is 2.32. The van der Waals surface area contributed by atoms with Crippen LogP contribution in [0.2, 0.25) is 20.1 Å². The van der Waals surface area contributed by atoms with Crippen LogP contribution < -0.4 is 5.11 Å². The van der Waals surface area contributed by atoms with Crippen LogP contribution >= 0.6 is 46.4 Å². The molecule has 2 heterocycles. The lowest BCUT2D eigenvalue weighted by Crippen LogP contribution is -2.29. The minimum Gasteiger partial charge on any atom is -0.871 e. The summed E-state index contributed by atoms with van der Waals surface area (Å²) in [7, 11) is 0. The summed E-state index contributed by atoms with van der Waals surface area (Å²) in [6.45, 7) is 12.1. The van der Waals surface area contributed by atoms with E-state index in [1.54, 1.807) is 60.7 Å². The molecule has 226 valence electrons. The molecule has 0 radical (unpaired) electrons. The average molecular weight is 668 g/mol. The van der Waals surface area contributed by atoms with Crippen molar-refractivity contribution in [2.24, 2.45) is 5.41 Å². The Labute approximate surface area is 277 Å². The Kier molecular flexibility index (Phi) is 8.69. The molecule has 0 bridgehead atoms. The van der Waals surface area contributed by atoms with Gasteiger partial charge < -0.3 is 9.84 Å². The van der Waals surface area contributed by atoms with Gasteiger partial charge in [-0.15, -0.1) is 0 Å². The van der Waals surface area contributed by atoms with Crippen molar-refractivity contribution in [3.63, 3.8) is 0 Å². The van der Waals surface area contributed by atoms with Gasteiger partial charge in [-0.25, -0.2) is 4.42 Å². The Morgan fingerprint density at radius 3 is 1.93 bits per heavy atom. The molecule has 4 nitrogen and oxygen atoms in total. The van der Waals surface area contributed by atoms with Crippen LogP contribution in [0, 0.1) is 5.41 Å². The quantitative estimate of drug-likeness (QED) is 0.205. The molecule has 1 aromatic heterocycles. The van der Waals surface area contributed by atoms with Gasteiger partial charge in [0.15, 0.2) is 5.78 Å². The number of rotatable bonds is 4. The largest absolute Gasteiger partial charge is 0.871 e. The molecule has 0 fully saturated rings. The summed E-state index contributed by atoms with van der Waals surface area (Å²) in [5, 5.41) is 15.0. The van der Waals surface area contributed by atoms with Gasteiger partial charge in [0, 0.05) is 28.2 Å². The lowest BCUT2D eigenvalue weighted by molar-refractivity contribution is -0.300. The summed E-state index contributed by atoms with van der Waals surface area (Å²) in [5.74, 6) is 1.77. The second-order valence-electron chi connectivity index (χ2n) is 12.8. The van der Waals surface area contributed by atoms with Gasteiger partial charge in [0.1, 0.15) is 11.5 Å². The maximum atomic E-state index is 13.4. The van der Waals surface area contributed by atoms with E-state index in [9.17, 15) is 9.90 Å². The van der Waals surface area contributed by atoms with Crippen LogP contribution in [-0.2, 0) is 14.9 Å². The van der Waals surface area contributed by atoms with E-state index in [4.69, 9.17) is 55.6 Å². The molecule has 0 N–H and O–H groups in total. The molecular weight excluding hydrogens is 638 g/mol. The van der Waals surface area contributed by atoms with Crippen LogP contribution in [0.3, 0.4) is 0 Å². The fourth-order valence-corrected chi connectivity index (χ4v) is 5.16. The predicted molar refractivity (Wildman–Crippen MR) is 178 cm³/mol. The van der Waals surface area contributed by atoms with Crippen molar-refractivity contribution >= 4 is 64.0 Å². The van der Waals surface area contributed by atoms with E-state index >= 15 is 0 Å². The predicted octanol–water partition coefficient (Wildman–Crippen LogP) is 10.6. The Hall–Kier alpha value is -3.28. The van der Waals surface area contributed by atoms with Crippen LogP contribution in [0.1, 0.15) is 58.4 Å². The van der Waals surface area contributed by atoms with Gasteiger partial charge in [-0.05, 0) is 92.6 Å². The van der Waals surface area contributed by atoms with Crippen molar-refractivity contribution < 1.29 is 19.1 Å². The van der Waals surface area contributed by atoms with E-state index in [-0.39, 0.29) is 33.5 Å². The van der Waals surface area contributed by atoms with Gasteiger partial charge in [-0.1, -0.05) is 72.9 Å². The molecule has 0 saturated carbocycles. The number of Topliss-reactive ketones (excluding diaryl/α,β-unsaturated/α-hetero) is 1. The molecule has 8 heteroatoms. The van der Waals surface area contributed by atoms with E-state index < -0.39 is 0 Å². The molecule has 0 amide bonds. The zero-order valence-electron chi connectivity index (χ0n) is 25.1. The normalized spacial score (nSPS) is 17.5. The first-order chi connectivity index (χ1) is 20.5. The molecule has 0 saturated heterocycles. The first kappa shape index (κ1) is 32.1. The van der Waals surface area contributed by atoms with Gasteiger partial charge in [-0.2, -0.15) is 0 Å². The maximum absolute atomic E-state index is 13.4. The zero-order valence-corrected chi connectivity index (χ0v) is 28.1. The number of carbonyl (C=O) groups excluding carboxylic acids is 1. The molecular formula is C36H30Cl4O4. The van der Waals surface area contributed by atoms with Gasteiger partial charge in [0.25, 0.3) is 0 Å². The minimum atomic E-state index is -0.340. The number of ether oxygens (including phenoxy) is 1. The number of carbonyl (C=O) groups is 1. The smallest absolute Gasteiger partial charge is 0.360 e. The SMILES string of the molecule is CC(C)(C)C1=CC(=CC2=C([O-])C(=Cc3cc(-c4ccc(Cl)c(Cl)c4)[o+]c(C(C)(C)C)c3)C2=O)C=C(c2ccc(Cl)c(Cl)c2)O1. The third kappa shape index (κ3) is 6.69. The fourth-order valence-electron chi connectivity index (χ4n) is 4.56. The van der Waals surface area contributed by atoms with Gasteiger partial charge in [-0.3, -0.25) is 4.79 Å². The summed E-state index contributed by atoms with van der Waals surface area (Å²) in [6, 6.07) is 14.1. The summed E-state index contributed by atoms with van der Waals surface area (Å²) in [6.07, 6.45) is 6.84. The van der Waals surface area contributed by atoms with E-state index in [1.807, 2.05) is 53.7 Å². The summed E-state index contributed by atoms with van der Waals surface area (Å²) in [5.41, 5.74) is 2.29. The minimum absolute atomic E-state index is 0.101. The number of halogens is 4. The first-order valence-corrected chi connectivity index (χ1v) is 15.4. The van der Waals surface area contributed by atoms with E-state index in [0.29, 0.717) is 54.3 Å². The van der Waals surface area contributed by atoms with Gasteiger partial charge >= 0.3 is 11.5 Å². The molecule has 1 aliphatic heterocycles. The first-order valence-electron chi connectivity index (χ1n) is 13.9. The van der Waals surface area contributed by atoms with Gasteiger partial charge in [0.2, 0.25) is 0 Å². The molecule has 0 atom stereocenters. The number of benzene rings is 2. The van der Waals surface area contributed by atoms with Crippen molar-refractivity contribution in [1.29, 1.82) is 0 Å². The zero-order chi connectivity index (χ0) is 32.1. The van der Waals surface area contributed by atoms with Crippen molar-refractivity contribution in [1.82, 2.24) is 0 Å². The van der Waals surface area contributed by atoms with Crippen molar-refractivity contribution in [2.45, 2.75) is 47.0 Å². The van der Waals surface area contributed by atoms with Crippen LogP contribution in [0.5, 0.6) is 0 Å². The Bertz CT molecular complexity index is 1860. The monoisotopic (exact) mass is 666 g/mol. The molecule has 2 aromatic carbocycles. The molecule has 1 aliphatic carbocycles. The van der Waals surface area contributed by atoms with Crippen molar-refractivity contribution in [3.05, 3.63) is 132 Å². The number of ketones is 1. The van der Waals surface area contributed by atoms with E-state index in [1.165, 1.54) is 0 Å². The second kappa shape index (κ2) is 11.9. The summed E-state index contributed by atoms with van der Waals surface area (Å²) in [4.78, 5) is 13.4. The standard InChI is InChI=1S/C36H30Cl4O4/c1-35(2,3)31-15-19(13-29(43-31)21-7-9-25(37)27(39)17-21)11-23-33(41)24(34(23)42)12-20-14-30(44-32(16-20)36(4,5)6)22-8-10-26(38)28(40)18-22/h7-18H,1-6H3. The third-order valence-electron chi connectivity index (χ3n) is 7.12. The average Bonchev–Trinajstić information content (AvgIpc) is 2.96. The van der Waals surface area contributed by atoms with Crippen molar-refractivity contribution in [3.8, 4) is 11.3 Å². The molecule has 2 aliphatic rings. The van der Waals surface area contributed by atoms with Gasteiger partial charge in [0.05, 0.1) is 37.1 Å².